The highest BCUT2D eigenvalue weighted by molar-refractivity contribution is 5.98. The topological polar surface area (TPSA) is 103 Å². The van der Waals surface area contributed by atoms with Gasteiger partial charge in [0, 0.05) is 12.1 Å². The molecule has 3 aromatic rings. The van der Waals surface area contributed by atoms with Crippen LogP contribution in [-0.4, -0.2) is 24.2 Å². The lowest BCUT2D eigenvalue weighted by atomic mass is 10.1. The molecule has 0 saturated carbocycles. The molecule has 3 rings (SSSR count). The quantitative estimate of drug-likeness (QED) is 0.347. The zero-order chi connectivity index (χ0) is 21.3. The van der Waals surface area contributed by atoms with E-state index in [2.05, 4.69) is 10.5 Å². The summed E-state index contributed by atoms with van der Waals surface area (Å²) in [4.78, 5) is 22.7. The largest absolute Gasteiger partial charge is 0.496 e. The van der Waals surface area contributed by atoms with Gasteiger partial charge in [0.05, 0.1) is 23.8 Å². The van der Waals surface area contributed by atoms with Gasteiger partial charge in [-0.3, -0.25) is 14.9 Å². The first-order valence-corrected chi connectivity index (χ1v) is 8.99. The lowest BCUT2D eigenvalue weighted by Crippen LogP contribution is -2.18. The Labute approximate surface area is 172 Å². The average molecular weight is 405 g/mol. The van der Waals surface area contributed by atoms with Crippen molar-refractivity contribution in [3.8, 4) is 11.5 Å². The monoisotopic (exact) mass is 405 g/mol. The predicted molar refractivity (Wildman–Crippen MR) is 112 cm³/mol. The standard InChI is InChI=1S/C22H19N3O5/c1-29-21-12-9-18(25(27)28)13-20(21)22(26)24-23-14-16-7-10-19(11-8-16)30-15-17-5-3-2-4-6-17/h2-14H,15H2,1H3,(H,24,26)/b23-14-. The highest BCUT2D eigenvalue weighted by Crippen LogP contribution is 2.23. The van der Waals surface area contributed by atoms with Crippen molar-refractivity contribution in [3.05, 3.63) is 99.6 Å². The number of benzene rings is 3. The highest BCUT2D eigenvalue weighted by atomic mass is 16.6. The first kappa shape index (κ1) is 20.5. The van der Waals surface area contributed by atoms with Crippen LogP contribution in [0, 0.1) is 10.1 Å². The molecule has 0 aromatic heterocycles. The van der Waals surface area contributed by atoms with E-state index in [0.29, 0.717) is 12.4 Å². The van der Waals surface area contributed by atoms with Crippen molar-refractivity contribution in [1.29, 1.82) is 0 Å². The molecule has 0 heterocycles. The van der Waals surface area contributed by atoms with E-state index in [0.717, 1.165) is 17.2 Å². The van der Waals surface area contributed by atoms with E-state index in [-0.39, 0.29) is 17.0 Å². The number of hydrogen-bond acceptors (Lipinski definition) is 6. The molecule has 30 heavy (non-hydrogen) atoms. The van der Waals surface area contributed by atoms with Crippen molar-refractivity contribution in [2.75, 3.05) is 7.11 Å². The summed E-state index contributed by atoms with van der Waals surface area (Å²) in [6, 6.07) is 20.8. The fourth-order valence-electron chi connectivity index (χ4n) is 2.60. The summed E-state index contributed by atoms with van der Waals surface area (Å²) >= 11 is 0. The van der Waals surface area contributed by atoms with Crippen LogP contribution in [0.5, 0.6) is 11.5 Å². The number of nitro groups is 1. The lowest BCUT2D eigenvalue weighted by Gasteiger charge is -2.07. The number of nitro benzene ring substituents is 1. The Kier molecular flexibility index (Phi) is 6.73. The number of methoxy groups -OCH3 is 1. The minimum absolute atomic E-state index is 0.0218. The second kappa shape index (κ2) is 9.83. The molecule has 0 aliphatic heterocycles. The number of carbonyl (C=O) groups excluding carboxylic acids is 1. The van der Waals surface area contributed by atoms with Crippen LogP contribution in [0.4, 0.5) is 5.69 Å². The molecule has 0 saturated heterocycles. The maximum atomic E-state index is 12.3. The van der Waals surface area contributed by atoms with Gasteiger partial charge < -0.3 is 9.47 Å². The first-order valence-electron chi connectivity index (χ1n) is 8.99. The Hall–Kier alpha value is -4.20. The van der Waals surface area contributed by atoms with Crippen LogP contribution in [0.15, 0.2) is 77.9 Å². The molecular weight excluding hydrogens is 386 g/mol. The van der Waals surface area contributed by atoms with Gasteiger partial charge in [-0.1, -0.05) is 30.3 Å². The number of ether oxygens (including phenoxy) is 2. The van der Waals surface area contributed by atoms with Crippen molar-refractivity contribution in [3.63, 3.8) is 0 Å². The SMILES string of the molecule is COc1ccc([N+](=O)[O-])cc1C(=O)N/N=C\c1ccc(OCc2ccccc2)cc1. The first-order chi connectivity index (χ1) is 14.6. The Morgan fingerprint density at radius 3 is 2.50 bits per heavy atom. The molecule has 0 unspecified atom stereocenters. The van der Waals surface area contributed by atoms with Gasteiger partial charge in [-0.15, -0.1) is 0 Å². The van der Waals surface area contributed by atoms with Crippen LogP contribution in [0.2, 0.25) is 0 Å². The molecule has 152 valence electrons. The second-order valence-corrected chi connectivity index (χ2v) is 6.18. The summed E-state index contributed by atoms with van der Waals surface area (Å²) in [6.07, 6.45) is 1.46. The third kappa shape index (κ3) is 5.41. The van der Waals surface area contributed by atoms with Gasteiger partial charge in [0.2, 0.25) is 0 Å². The Balaban J connectivity index is 1.59. The smallest absolute Gasteiger partial charge is 0.275 e. The maximum Gasteiger partial charge on any atom is 0.275 e. The van der Waals surface area contributed by atoms with E-state index >= 15 is 0 Å². The van der Waals surface area contributed by atoms with E-state index < -0.39 is 10.8 Å². The van der Waals surface area contributed by atoms with Crippen LogP contribution in [0.1, 0.15) is 21.5 Å². The Bertz CT molecular complexity index is 1050. The van der Waals surface area contributed by atoms with Gasteiger partial charge in [-0.2, -0.15) is 5.10 Å². The number of carbonyl (C=O) groups is 1. The molecule has 8 nitrogen and oxygen atoms in total. The number of non-ortho nitro benzene ring substituents is 1. The molecule has 0 radical (unpaired) electrons. The summed E-state index contributed by atoms with van der Waals surface area (Å²) in [6.45, 7) is 0.468. The molecule has 0 spiro atoms. The van der Waals surface area contributed by atoms with Crippen LogP contribution in [-0.2, 0) is 6.61 Å². The van der Waals surface area contributed by atoms with Gasteiger partial charge in [0.25, 0.3) is 11.6 Å². The summed E-state index contributed by atoms with van der Waals surface area (Å²) in [5.41, 5.74) is 3.97. The molecule has 8 heteroatoms. The van der Waals surface area contributed by atoms with E-state index in [9.17, 15) is 14.9 Å². The Morgan fingerprint density at radius 1 is 1.10 bits per heavy atom. The van der Waals surface area contributed by atoms with Crippen molar-refractivity contribution in [2.45, 2.75) is 6.61 Å². The van der Waals surface area contributed by atoms with E-state index in [1.807, 2.05) is 30.3 Å². The molecule has 0 bridgehead atoms. The summed E-state index contributed by atoms with van der Waals surface area (Å²) < 4.78 is 10.8. The number of nitrogens with one attached hydrogen (secondary N) is 1. The molecule has 0 aliphatic rings. The van der Waals surface area contributed by atoms with Crippen LogP contribution in [0.3, 0.4) is 0 Å². The van der Waals surface area contributed by atoms with Crippen molar-refractivity contribution in [2.24, 2.45) is 5.10 Å². The van der Waals surface area contributed by atoms with Crippen molar-refractivity contribution < 1.29 is 19.2 Å². The summed E-state index contributed by atoms with van der Waals surface area (Å²) in [5, 5.41) is 14.8. The summed E-state index contributed by atoms with van der Waals surface area (Å²) in [7, 11) is 1.38. The normalized spacial score (nSPS) is 10.6. The second-order valence-electron chi connectivity index (χ2n) is 6.18. The fraction of sp³-hybridized carbons (Fsp3) is 0.0909. The van der Waals surface area contributed by atoms with Crippen LogP contribution >= 0.6 is 0 Å². The van der Waals surface area contributed by atoms with Gasteiger partial charge in [0.15, 0.2) is 0 Å². The molecular formula is C22H19N3O5. The lowest BCUT2D eigenvalue weighted by molar-refractivity contribution is -0.384. The predicted octanol–water partition coefficient (Wildman–Crippen LogP) is 3.95. The van der Waals surface area contributed by atoms with Crippen LogP contribution in [0.25, 0.3) is 0 Å². The molecule has 0 fully saturated rings. The van der Waals surface area contributed by atoms with E-state index in [1.54, 1.807) is 24.3 Å². The zero-order valence-electron chi connectivity index (χ0n) is 16.1. The molecule has 1 N–H and O–H groups in total. The average Bonchev–Trinajstić information content (AvgIpc) is 2.78. The third-order valence-corrected chi connectivity index (χ3v) is 4.15. The van der Waals surface area contributed by atoms with Crippen molar-refractivity contribution >= 4 is 17.8 Å². The number of rotatable bonds is 8. The van der Waals surface area contributed by atoms with Gasteiger partial charge in [-0.05, 0) is 41.5 Å². The zero-order valence-corrected chi connectivity index (χ0v) is 16.1. The third-order valence-electron chi connectivity index (χ3n) is 4.15. The molecule has 0 aliphatic carbocycles. The fourth-order valence-corrected chi connectivity index (χ4v) is 2.60. The van der Waals surface area contributed by atoms with Gasteiger partial charge in [-0.25, -0.2) is 5.43 Å². The number of amides is 1. The van der Waals surface area contributed by atoms with Crippen molar-refractivity contribution in [1.82, 2.24) is 5.43 Å². The summed E-state index contributed by atoms with van der Waals surface area (Å²) in [5.74, 6) is 0.309. The number of hydrazone groups is 1. The molecule has 0 atom stereocenters. The maximum absolute atomic E-state index is 12.3. The molecule has 3 aromatic carbocycles. The van der Waals surface area contributed by atoms with Gasteiger partial charge in [0.1, 0.15) is 18.1 Å². The van der Waals surface area contributed by atoms with Gasteiger partial charge >= 0.3 is 0 Å². The van der Waals surface area contributed by atoms with Crippen LogP contribution < -0.4 is 14.9 Å². The molecule has 1 amide bonds. The highest BCUT2D eigenvalue weighted by Gasteiger charge is 2.17. The minimum Gasteiger partial charge on any atom is -0.496 e. The van der Waals surface area contributed by atoms with E-state index in [4.69, 9.17) is 9.47 Å². The minimum atomic E-state index is -0.616. The number of hydrogen-bond donors (Lipinski definition) is 1. The van der Waals surface area contributed by atoms with E-state index in [1.165, 1.54) is 25.5 Å². The number of nitrogens with zero attached hydrogens (tertiary/aromatic N) is 2. The Morgan fingerprint density at radius 2 is 1.83 bits per heavy atom.